The first kappa shape index (κ1) is 13.5. The molecule has 17 heavy (non-hydrogen) atoms. The molecular formula is C11H17N3O3. The van der Waals surface area contributed by atoms with Crippen LogP contribution < -0.4 is 5.32 Å². The van der Waals surface area contributed by atoms with Crippen LogP contribution in [0.2, 0.25) is 0 Å². The second-order valence-electron chi connectivity index (χ2n) is 4.10. The summed E-state index contributed by atoms with van der Waals surface area (Å²) in [5, 5.41) is 23.0. The Hall–Kier alpha value is -1.53. The SMILES string of the molecule is Cc1cnc(CNCC(C)O)c(C)c1[N+](=O)[O-]. The van der Waals surface area contributed by atoms with E-state index in [4.69, 9.17) is 5.11 Å². The molecule has 0 aliphatic carbocycles. The van der Waals surface area contributed by atoms with Crippen molar-refractivity contribution in [2.75, 3.05) is 6.54 Å². The third-order valence-electron chi connectivity index (χ3n) is 2.49. The van der Waals surface area contributed by atoms with Gasteiger partial charge in [-0.25, -0.2) is 0 Å². The summed E-state index contributed by atoms with van der Waals surface area (Å²) in [4.78, 5) is 14.7. The third-order valence-corrected chi connectivity index (χ3v) is 2.49. The van der Waals surface area contributed by atoms with Crippen LogP contribution in [0, 0.1) is 24.0 Å². The Morgan fingerprint density at radius 1 is 1.59 bits per heavy atom. The minimum absolute atomic E-state index is 0.119. The third kappa shape index (κ3) is 3.47. The topological polar surface area (TPSA) is 88.3 Å². The molecule has 94 valence electrons. The van der Waals surface area contributed by atoms with E-state index >= 15 is 0 Å². The Morgan fingerprint density at radius 2 is 2.24 bits per heavy atom. The summed E-state index contributed by atoms with van der Waals surface area (Å²) in [5.41, 5.74) is 1.90. The first-order chi connectivity index (χ1) is 7.93. The molecule has 1 rings (SSSR count). The van der Waals surface area contributed by atoms with Gasteiger partial charge in [0.2, 0.25) is 0 Å². The van der Waals surface area contributed by atoms with Crippen molar-refractivity contribution in [1.82, 2.24) is 10.3 Å². The standard InChI is InChI=1S/C11H17N3O3/c1-7-4-13-10(6-12-5-8(2)15)9(3)11(7)14(16)17/h4,8,12,15H,5-6H2,1-3H3. The quantitative estimate of drug-likeness (QED) is 0.593. The lowest BCUT2D eigenvalue weighted by atomic mass is 10.1. The maximum Gasteiger partial charge on any atom is 0.278 e. The number of pyridine rings is 1. The zero-order valence-corrected chi connectivity index (χ0v) is 10.2. The van der Waals surface area contributed by atoms with Crippen LogP contribution in [0.15, 0.2) is 6.20 Å². The molecular weight excluding hydrogens is 222 g/mol. The monoisotopic (exact) mass is 239 g/mol. The zero-order valence-electron chi connectivity index (χ0n) is 10.2. The number of aryl methyl sites for hydroxylation is 1. The fourth-order valence-electron chi connectivity index (χ4n) is 1.62. The molecule has 0 aliphatic rings. The van der Waals surface area contributed by atoms with Crippen molar-refractivity contribution in [3.63, 3.8) is 0 Å². The molecule has 0 spiro atoms. The Balaban J connectivity index is 2.87. The predicted molar refractivity (Wildman–Crippen MR) is 63.8 cm³/mol. The van der Waals surface area contributed by atoms with Crippen LogP contribution in [0.5, 0.6) is 0 Å². The zero-order chi connectivity index (χ0) is 13.0. The largest absolute Gasteiger partial charge is 0.392 e. The number of hydrogen-bond donors (Lipinski definition) is 2. The Kier molecular flexibility index (Phi) is 4.53. The van der Waals surface area contributed by atoms with Gasteiger partial charge in [0.25, 0.3) is 5.69 Å². The highest BCUT2D eigenvalue weighted by atomic mass is 16.6. The van der Waals surface area contributed by atoms with Gasteiger partial charge in [-0.15, -0.1) is 0 Å². The summed E-state index contributed by atoms with van der Waals surface area (Å²) >= 11 is 0. The van der Waals surface area contributed by atoms with Crippen LogP contribution in [0.4, 0.5) is 5.69 Å². The van der Waals surface area contributed by atoms with Gasteiger partial charge in [0.1, 0.15) is 0 Å². The summed E-state index contributed by atoms with van der Waals surface area (Å²) in [6.45, 7) is 5.88. The number of nitrogens with one attached hydrogen (secondary N) is 1. The van der Waals surface area contributed by atoms with Gasteiger partial charge in [-0.2, -0.15) is 0 Å². The minimum Gasteiger partial charge on any atom is -0.392 e. The van der Waals surface area contributed by atoms with Gasteiger partial charge in [-0.3, -0.25) is 15.1 Å². The van der Waals surface area contributed by atoms with E-state index in [0.717, 1.165) is 0 Å². The van der Waals surface area contributed by atoms with E-state index in [9.17, 15) is 10.1 Å². The highest BCUT2D eigenvalue weighted by Crippen LogP contribution is 2.23. The number of nitrogens with zero attached hydrogens (tertiary/aromatic N) is 2. The van der Waals surface area contributed by atoms with E-state index in [1.165, 1.54) is 6.20 Å². The average Bonchev–Trinajstić information content (AvgIpc) is 2.20. The number of aliphatic hydroxyl groups is 1. The molecule has 6 heteroatoms. The minimum atomic E-state index is -0.448. The predicted octanol–water partition coefficient (Wildman–Crippen LogP) is 1.08. The fourth-order valence-corrected chi connectivity index (χ4v) is 1.62. The van der Waals surface area contributed by atoms with Gasteiger partial charge < -0.3 is 10.4 Å². The van der Waals surface area contributed by atoms with E-state index < -0.39 is 6.10 Å². The smallest absolute Gasteiger partial charge is 0.278 e. The molecule has 1 aromatic heterocycles. The summed E-state index contributed by atoms with van der Waals surface area (Å²) in [6.07, 6.45) is 1.06. The van der Waals surface area contributed by atoms with Crippen molar-refractivity contribution in [3.05, 3.63) is 33.1 Å². The molecule has 0 aliphatic heterocycles. The van der Waals surface area contributed by atoms with Crippen molar-refractivity contribution >= 4 is 5.69 Å². The molecule has 0 saturated heterocycles. The molecule has 1 heterocycles. The maximum atomic E-state index is 10.9. The van der Waals surface area contributed by atoms with E-state index in [2.05, 4.69) is 10.3 Å². The molecule has 1 atom stereocenters. The normalized spacial score (nSPS) is 12.5. The van der Waals surface area contributed by atoms with Crippen molar-refractivity contribution < 1.29 is 10.0 Å². The molecule has 0 amide bonds. The Bertz CT molecular complexity index is 419. The lowest BCUT2D eigenvalue weighted by Crippen LogP contribution is -2.24. The molecule has 6 nitrogen and oxygen atoms in total. The number of aliphatic hydroxyl groups excluding tert-OH is 1. The molecule has 0 saturated carbocycles. The van der Waals surface area contributed by atoms with Gasteiger partial charge in [-0.05, 0) is 20.8 Å². The van der Waals surface area contributed by atoms with Crippen LogP contribution in [0.1, 0.15) is 23.7 Å². The highest BCUT2D eigenvalue weighted by Gasteiger charge is 2.18. The van der Waals surface area contributed by atoms with E-state index in [-0.39, 0.29) is 10.6 Å². The van der Waals surface area contributed by atoms with Gasteiger partial charge in [0.15, 0.2) is 0 Å². The summed E-state index contributed by atoms with van der Waals surface area (Å²) in [6, 6.07) is 0. The van der Waals surface area contributed by atoms with Crippen LogP contribution in [0.3, 0.4) is 0 Å². The van der Waals surface area contributed by atoms with Crippen molar-refractivity contribution in [3.8, 4) is 0 Å². The van der Waals surface area contributed by atoms with Crippen LogP contribution in [-0.2, 0) is 6.54 Å². The van der Waals surface area contributed by atoms with Gasteiger partial charge in [-0.1, -0.05) is 0 Å². The van der Waals surface area contributed by atoms with Crippen molar-refractivity contribution in [2.24, 2.45) is 0 Å². The lowest BCUT2D eigenvalue weighted by molar-refractivity contribution is -0.386. The van der Waals surface area contributed by atoms with Crippen molar-refractivity contribution in [2.45, 2.75) is 33.4 Å². The fraction of sp³-hybridized carbons (Fsp3) is 0.545. The number of rotatable bonds is 5. The summed E-state index contributed by atoms with van der Waals surface area (Å²) < 4.78 is 0. The van der Waals surface area contributed by atoms with Gasteiger partial charge in [0, 0.05) is 30.4 Å². The number of nitro groups is 1. The highest BCUT2D eigenvalue weighted by molar-refractivity contribution is 5.47. The second kappa shape index (κ2) is 5.70. The molecule has 0 bridgehead atoms. The second-order valence-corrected chi connectivity index (χ2v) is 4.10. The number of hydrogen-bond acceptors (Lipinski definition) is 5. The van der Waals surface area contributed by atoms with E-state index in [1.54, 1.807) is 20.8 Å². The summed E-state index contributed by atoms with van der Waals surface area (Å²) in [5.74, 6) is 0. The number of aromatic nitrogens is 1. The van der Waals surface area contributed by atoms with Crippen LogP contribution in [0.25, 0.3) is 0 Å². The Morgan fingerprint density at radius 3 is 2.76 bits per heavy atom. The molecule has 2 N–H and O–H groups in total. The molecule has 1 unspecified atom stereocenters. The molecule has 1 aromatic rings. The summed E-state index contributed by atoms with van der Waals surface area (Å²) in [7, 11) is 0. The lowest BCUT2D eigenvalue weighted by Gasteiger charge is -2.09. The van der Waals surface area contributed by atoms with E-state index in [0.29, 0.717) is 29.9 Å². The molecule has 0 radical (unpaired) electrons. The maximum absolute atomic E-state index is 10.9. The average molecular weight is 239 g/mol. The first-order valence-electron chi connectivity index (χ1n) is 5.41. The first-order valence-corrected chi connectivity index (χ1v) is 5.41. The van der Waals surface area contributed by atoms with Crippen molar-refractivity contribution in [1.29, 1.82) is 0 Å². The van der Waals surface area contributed by atoms with E-state index in [1.807, 2.05) is 0 Å². The van der Waals surface area contributed by atoms with Crippen LogP contribution in [-0.4, -0.2) is 27.7 Å². The molecule has 0 aromatic carbocycles. The van der Waals surface area contributed by atoms with Crippen LogP contribution >= 0.6 is 0 Å². The molecule has 0 fully saturated rings. The van der Waals surface area contributed by atoms with Gasteiger partial charge >= 0.3 is 0 Å². The Labute approximate surface area is 99.8 Å². The van der Waals surface area contributed by atoms with Gasteiger partial charge in [0.05, 0.1) is 16.7 Å².